The topological polar surface area (TPSA) is 35.6 Å². The Kier molecular flexibility index (Phi) is 3.69. The highest BCUT2D eigenvalue weighted by Crippen LogP contribution is 2.09. The molecule has 4 nitrogen and oxygen atoms in total. The maximum absolute atomic E-state index is 11.4. The second-order valence-electron chi connectivity index (χ2n) is 3.75. The average molecular weight is 185 g/mol. The molecule has 1 N–H and O–H groups in total. The van der Waals surface area contributed by atoms with Crippen molar-refractivity contribution in [3.05, 3.63) is 0 Å². The van der Waals surface area contributed by atoms with Crippen LogP contribution in [0.3, 0.4) is 0 Å². The van der Waals surface area contributed by atoms with Gasteiger partial charge in [-0.3, -0.25) is 9.69 Å². The second-order valence-corrected chi connectivity index (χ2v) is 3.75. The Morgan fingerprint density at radius 1 is 1.54 bits per heavy atom. The minimum absolute atomic E-state index is 0.231. The van der Waals surface area contributed by atoms with E-state index < -0.39 is 0 Å². The van der Waals surface area contributed by atoms with Crippen molar-refractivity contribution in [1.29, 1.82) is 0 Å². The Morgan fingerprint density at radius 3 is 2.85 bits per heavy atom. The summed E-state index contributed by atoms with van der Waals surface area (Å²) < 4.78 is 0. The van der Waals surface area contributed by atoms with Crippen LogP contribution in [0.25, 0.3) is 0 Å². The lowest BCUT2D eigenvalue weighted by Crippen LogP contribution is -2.54. The van der Waals surface area contributed by atoms with Gasteiger partial charge in [0, 0.05) is 19.6 Å². The number of nitrogens with zero attached hydrogens (tertiary/aromatic N) is 2. The van der Waals surface area contributed by atoms with Crippen molar-refractivity contribution in [3.63, 3.8) is 0 Å². The maximum atomic E-state index is 11.4. The van der Waals surface area contributed by atoms with Crippen LogP contribution in [0.1, 0.15) is 6.42 Å². The normalized spacial score (nSPS) is 25.3. The monoisotopic (exact) mass is 185 g/mol. The first-order chi connectivity index (χ1) is 6.15. The smallest absolute Gasteiger partial charge is 0.236 e. The molecule has 1 heterocycles. The SMILES string of the molecule is CNCCC1CN(C)CC(=O)N1C. The predicted molar refractivity (Wildman–Crippen MR) is 52.6 cm³/mol. The Morgan fingerprint density at radius 2 is 2.23 bits per heavy atom. The van der Waals surface area contributed by atoms with Crippen LogP contribution in [0, 0.1) is 0 Å². The van der Waals surface area contributed by atoms with E-state index in [1.54, 1.807) is 0 Å². The molecule has 0 bridgehead atoms. The first-order valence-corrected chi connectivity index (χ1v) is 4.74. The van der Waals surface area contributed by atoms with Crippen LogP contribution in [0.2, 0.25) is 0 Å². The summed E-state index contributed by atoms with van der Waals surface area (Å²) in [6.45, 7) is 2.52. The zero-order valence-corrected chi connectivity index (χ0v) is 8.71. The third-order valence-electron chi connectivity index (χ3n) is 2.60. The lowest BCUT2D eigenvalue weighted by molar-refractivity contribution is -0.137. The van der Waals surface area contributed by atoms with Crippen LogP contribution >= 0.6 is 0 Å². The summed E-state index contributed by atoms with van der Waals surface area (Å²) >= 11 is 0. The van der Waals surface area contributed by atoms with Crippen molar-refractivity contribution in [2.45, 2.75) is 12.5 Å². The fourth-order valence-corrected chi connectivity index (χ4v) is 1.69. The number of nitrogens with one attached hydrogen (secondary N) is 1. The van der Waals surface area contributed by atoms with Crippen LogP contribution in [0.5, 0.6) is 0 Å². The lowest BCUT2D eigenvalue weighted by Gasteiger charge is -2.37. The van der Waals surface area contributed by atoms with E-state index in [0.29, 0.717) is 12.6 Å². The molecule has 1 atom stereocenters. The summed E-state index contributed by atoms with van der Waals surface area (Å²) in [4.78, 5) is 15.4. The molecule has 0 aliphatic carbocycles. The Labute approximate surface area is 79.9 Å². The van der Waals surface area contributed by atoms with Gasteiger partial charge in [0.05, 0.1) is 6.54 Å². The van der Waals surface area contributed by atoms with Crippen LogP contribution in [-0.4, -0.2) is 62.5 Å². The van der Waals surface area contributed by atoms with Gasteiger partial charge in [0.15, 0.2) is 0 Å². The summed E-state index contributed by atoms with van der Waals surface area (Å²) in [6.07, 6.45) is 1.03. The summed E-state index contributed by atoms with van der Waals surface area (Å²) in [5, 5.41) is 3.11. The number of rotatable bonds is 3. The van der Waals surface area contributed by atoms with Crippen molar-refractivity contribution in [2.24, 2.45) is 0 Å². The molecule has 0 saturated carbocycles. The van der Waals surface area contributed by atoms with Crippen molar-refractivity contribution in [1.82, 2.24) is 15.1 Å². The third kappa shape index (κ3) is 2.67. The minimum atomic E-state index is 0.231. The van der Waals surface area contributed by atoms with E-state index in [1.165, 1.54) is 0 Å². The van der Waals surface area contributed by atoms with Gasteiger partial charge in [-0.15, -0.1) is 0 Å². The fourth-order valence-electron chi connectivity index (χ4n) is 1.69. The average Bonchev–Trinajstić information content (AvgIpc) is 2.09. The highest BCUT2D eigenvalue weighted by Gasteiger charge is 2.26. The third-order valence-corrected chi connectivity index (χ3v) is 2.60. The first kappa shape index (κ1) is 10.5. The van der Waals surface area contributed by atoms with Crippen LogP contribution < -0.4 is 5.32 Å². The van der Waals surface area contributed by atoms with Gasteiger partial charge in [0.1, 0.15) is 0 Å². The molecule has 1 aliphatic rings. The van der Waals surface area contributed by atoms with Gasteiger partial charge >= 0.3 is 0 Å². The molecule has 1 aliphatic heterocycles. The van der Waals surface area contributed by atoms with Gasteiger partial charge < -0.3 is 10.2 Å². The van der Waals surface area contributed by atoms with E-state index in [9.17, 15) is 4.79 Å². The molecule has 13 heavy (non-hydrogen) atoms. The van der Waals surface area contributed by atoms with E-state index >= 15 is 0 Å². The van der Waals surface area contributed by atoms with Crippen LogP contribution in [0.4, 0.5) is 0 Å². The molecule has 4 heteroatoms. The molecule has 1 fully saturated rings. The number of carbonyl (C=O) groups is 1. The summed E-state index contributed by atoms with van der Waals surface area (Å²) in [5.41, 5.74) is 0. The van der Waals surface area contributed by atoms with E-state index in [-0.39, 0.29) is 5.91 Å². The Hall–Kier alpha value is -0.610. The molecule has 1 saturated heterocycles. The molecule has 76 valence electrons. The molecule has 0 spiro atoms. The van der Waals surface area contributed by atoms with Gasteiger partial charge in [-0.25, -0.2) is 0 Å². The quantitative estimate of drug-likeness (QED) is 0.636. The number of likely N-dealkylation sites (N-methyl/N-ethyl adjacent to an activating group) is 2. The molecule has 0 aromatic heterocycles. The molecule has 0 aromatic carbocycles. The number of amides is 1. The Balaban J connectivity index is 2.46. The summed E-state index contributed by atoms with van der Waals surface area (Å²) in [6, 6.07) is 0.374. The van der Waals surface area contributed by atoms with Crippen molar-refractivity contribution >= 4 is 5.91 Å². The largest absolute Gasteiger partial charge is 0.340 e. The van der Waals surface area contributed by atoms with E-state index in [2.05, 4.69) is 10.2 Å². The molecule has 1 amide bonds. The van der Waals surface area contributed by atoms with Crippen molar-refractivity contribution in [3.8, 4) is 0 Å². The standard InChI is InChI=1S/C9H19N3O/c1-10-5-4-8-6-11(2)7-9(13)12(8)3/h8,10H,4-7H2,1-3H3. The molecule has 1 rings (SSSR count). The number of piperazine rings is 1. The second kappa shape index (κ2) is 4.58. The number of carbonyl (C=O) groups excluding carboxylic acids is 1. The summed E-state index contributed by atoms with van der Waals surface area (Å²) in [7, 11) is 5.83. The maximum Gasteiger partial charge on any atom is 0.236 e. The van der Waals surface area contributed by atoms with Crippen molar-refractivity contribution in [2.75, 3.05) is 40.8 Å². The van der Waals surface area contributed by atoms with Gasteiger partial charge in [-0.05, 0) is 27.1 Å². The molecule has 0 radical (unpaired) electrons. The van der Waals surface area contributed by atoms with Crippen molar-refractivity contribution < 1.29 is 4.79 Å². The van der Waals surface area contributed by atoms with Crippen LogP contribution in [0.15, 0.2) is 0 Å². The number of hydrogen-bond donors (Lipinski definition) is 1. The highest BCUT2D eigenvalue weighted by molar-refractivity contribution is 5.79. The molecule has 0 aromatic rings. The van der Waals surface area contributed by atoms with Gasteiger partial charge in [0.25, 0.3) is 0 Å². The van der Waals surface area contributed by atoms with Gasteiger partial charge in [0.2, 0.25) is 5.91 Å². The molecular weight excluding hydrogens is 166 g/mol. The van der Waals surface area contributed by atoms with Crippen LogP contribution in [-0.2, 0) is 4.79 Å². The molecular formula is C9H19N3O. The van der Waals surface area contributed by atoms with E-state index in [1.807, 2.05) is 26.0 Å². The van der Waals surface area contributed by atoms with Gasteiger partial charge in [-0.1, -0.05) is 0 Å². The highest BCUT2D eigenvalue weighted by atomic mass is 16.2. The lowest BCUT2D eigenvalue weighted by atomic mass is 10.1. The minimum Gasteiger partial charge on any atom is -0.340 e. The fraction of sp³-hybridized carbons (Fsp3) is 0.889. The van der Waals surface area contributed by atoms with E-state index in [0.717, 1.165) is 19.5 Å². The molecule has 1 unspecified atom stereocenters. The predicted octanol–water partition coefficient (Wildman–Crippen LogP) is -0.632. The zero-order chi connectivity index (χ0) is 9.84. The summed E-state index contributed by atoms with van der Waals surface area (Å²) in [5.74, 6) is 0.231. The zero-order valence-electron chi connectivity index (χ0n) is 8.71. The number of hydrogen-bond acceptors (Lipinski definition) is 3. The first-order valence-electron chi connectivity index (χ1n) is 4.74. The van der Waals surface area contributed by atoms with Gasteiger partial charge in [-0.2, -0.15) is 0 Å². The van der Waals surface area contributed by atoms with E-state index in [4.69, 9.17) is 0 Å². The Bertz CT molecular complexity index is 184.